The summed E-state index contributed by atoms with van der Waals surface area (Å²) >= 11 is 6.42. The van der Waals surface area contributed by atoms with E-state index in [9.17, 15) is 18.0 Å². The van der Waals surface area contributed by atoms with E-state index in [0.717, 1.165) is 12.1 Å². The van der Waals surface area contributed by atoms with Crippen molar-refractivity contribution in [3.05, 3.63) is 64.9 Å². The van der Waals surface area contributed by atoms with Gasteiger partial charge < -0.3 is 19.7 Å². The molecule has 7 nitrogen and oxygen atoms in total. The second-order valence-corrected chi connectivity index (χ2v) is 7.64. The van der Waals surface area contributed by atoms with E-state index in [0.29, 0.717) is 42.7 Å². The average molecular weight is 481 g/mol. The number of alkyl halides is 3. The summed E-state index contributed by atoms with van der Waals surface area (Å²) in [6.45, 7) is 2.29. The number of carbonyl (C=O) groups is 1. The third-order valence-corrected chi connectivity index (χ3v) is 5.42. The molecule has 0 atom stereocenters. The number of nitrogens with zero attached hydrogens (tertiary/aromatic N) is 3. The third-order valence-electron chi connectivity index (χ3n) is 5.12. The van der Waals surface area contributed by atoms with Gasteiger partial charge in [-0.3, -0.25) is 4.79 Å². The fourth-order valence-electron chi connectivity index (χ4n) is 3.53. The van der Waals surface area contributed by atoms with Gasteiger partial charge >= 0.3 is 6.18 Å². The van der Waals surface area contributed by atoms with Crippen LogP contribution in [-0.2, 0) is 10.9 Å². The number of morpholine rings is 1. The summed E-state index contributed by atoms with van der Waals surface area (Å²) < 4.78 is 51.1. The largest absolute Gasteiger partial charge is 0.493 e. The van der Waals surface area contributed by atoms with Gasteiger partial charge in [0.05, 0.1) is 54.2 Å². The zero-order chi connectivity index (χ0) is 23.6. The molecule has 0 bridgehead atoms. The Labute approximate surface area is 192 Å². The van der Waals surface area contributed by atoms with Crippen LogP contribution in [0.1, 0.15) is 16.1 Å². The molecular weight excluding hydrogens is 461 g/mol. The molecule has 0 radical (unpaired) electrons. The summed E-state index contributed by atoms with van der Waals surface area (Å²) in [5.41, 5.74) is 0.369. The van der Waals surface area contributed by atoms with Gasteiger partial charge in [0.25, 0.3) is 5.91 Å². The summed E-state index contributed by atoms with van der Waals surface area (Å²) in [7, 11) is 1.35. The lowest BCUT2D eigenvalue weighted by atomic mass is 10.2. The summed E-state index contributed by atoms with van der Waals surface area (Å²) in [6, 6.07) is 9.78. The van der Waals surface area contributed by atoms with E-state index in [1.54, 1.807) is 18.2 Å². The maximum atomic E-state index is 13.1. The minimum Gasteiger partial charge on any atom is -0.493 e. The molecule has 11 heteroatoms. The number of anilines is 2. The monoisotopic (exact) mass is 480 g/mol. The summed E-state index contributed by atoms with van der Waals surface area (Å²) in [6.07, 6.45) is -3.15. The Balaban J connectivity index is 1.64. The van der Waals surface area contributed by atoms with E-state index in [-0.39, 0.29) is 17.1 Å². The van der Waals surface area contributed by atoms with Crippen molar-refractivity contribution in [2.75, 3.05) is 43.6 Å². The number of halogens is 4. The number of methoxy groups -OCH3 is 1. The molecule has 1 fully saturated rings. The SMILES string of the molecule is COc1cn(-c2cccc(C(F)(F)F)c2)nc1C(=O)Nc1cccc(Cl)c1N1CCOCC1. The molecule has 1 N–H and O–H groups in total. The van der Waals surface area contributed by atoms with E-state index in [1.807, 2.05) is 4.90 Å². The molecule has 1 saturated heterocycles. The fraction of sp³-hybridized carbons (Fsp3) is 0.273. The van der Waals surface area contributed by atoms with Crippen LogP contribution in [0.2, 0.25) is 5.02 Å². The number of aromatic nitrogens is 2. The standard InChI is InChI=1S/C22H20ClF3N4O3/c1-32-18-13-30(15-5-2-4-14(12-15)22(24,25)26)28-19(18)21(31)27-17-7-3-6-16(23)20(17)29-8-10-33-11-9-29/h2-7,12-13H,8-11H2,1H3,(H,27,31). The highest BCUT2D eigenvalue weighted by Crippen LogP contribution is 2.35. The molecule has 3 aromatic rings. The highest BCUT2D eigenvalue weighted by Gasteiger charge is 2.31. The number of para-hydroxylation sites is 1. The van der Waals surface area contributed by atoms with E-state index >= 15 is 0 Å². The molecule has 4 rings (SSSR count). The fourth-order valence-corrected chi connectivity index (χ4v) is 3.82. The van der Waals surface area contributed by atoms with E-state index in [1.165, 1.54) is 30.1 Å². The number of hydrogen-bond acceptors (Lipinski definition) is 5. The zero-order valence-corrected chi connectivity index (χ0v) is 18.3. The number of ether oxygens (including phenoxy) is 2. The lowest BCUT2D eigenvalue weighted by molar-refractivity contribution is -0.137. The molecule has 0 spiro atoms. The number of amides is 1. The molecular formula is C22H20ClF3N4O3. The van der Waals surface area contributed by atoms with Crippen LogP contribution in [-0.4, -0.2) is 49.1 Å². The van der Waals surface area contributed by atoms with Crippen molar-refractivity contribution >= 4 is 28.9 Å². The first-order chi connectivity index (χ1) is 15.8. The Kier molecular flexibility index (Phi) is 6.48. The van der Waals surface area contributed by atoms with Crippen LogP contribution in [0.5, 0.6) is 5.75 Å². The first-order valence-corrected chi connectivity index (χ1v) is 10.4. The predicted molar refractivity (Wildman–Crippen MR) is 118 cm³/mol. The van der Waals surface area contributed by atoms with Gasteiger partial charge in [-0.1, -0.05) is 23.7 Å². The molecule has 0 aliphatic carbocycles. The van der Waals surface area contributed by atoms with Crippen molar-refractivity contribution < 1.29 is 27.4 Å². The van der Waals surface area contributed by atoms with Crippen LogP contribution in [0.3, 0.4) is 0 Å². The minimum atomic E-state index is -4.50. The zero-order valence-electron chi connectivity index (χ0n) is 17.5. The Morgan fingerprint density at radius 1 is 1.18 bits per heavy atom. The Morgan fingerprint density at radius 2 is 1.91 bits per heavy atom. The van der Waals surface area contributed by atoms with Crippen LogP contribution < -0.4 is 15.0 Å². The molecule has 2 aromatic carbocycles. The summed E-state index contributed by atoms with van der Waals surface area (Å²) in [5, 5.41) is 7.45. The van der Waals surface area contributed by atoms with Gasteiger partial charge in [-0.2, -0.15) is 18.3 Å². The van der Waals surface area contributed by atoms with E-state index < -0.39 is 17.6 Å². The highest BCUT2D eigenvalue weighted by molar-refractivity contribution is 6.34. The van der Waals surface area contributed by atoms with Gasteiger partial charge in [0.1, 0.15) is 0 Å². The van der Waals surface area contributed by atoms with Crippen LogP contribution in [0.25, 0.3) is 5.69 Å². The van der Waals surface area contributed by atoms with Gasteiger partial charge in [-0.25, -0.2) is 4.68 Å². The minimum absolute atomic E-state index is 0.0807. The van der Waals surface area contributed by atoms with Gasteiger partial charge in [0.2, 0.25) is 0 Å². The second-order valence-electron chi connectivity index (χ2n) is 7.23. The predicted octanol–water partition coefficient (Wildman–Crippen LogP) is 4.64. The molecule has 1 aliphatic heterocycles. The summed E-state index contributed by atoms with van der Waals surface area (Å²) in [4.78, 5) is 15.1. The topological polar surface area (TPSA) is 68.6 Å². The molecule has 0 saturated carbocycles. The molecule has 1 aliphatic rings. The third kappa shape index (κ3) is 4.91. The number of carbonyl (C=O) groups excluding carboxylic acids is 1. The first kappa shape index (κ1) is 22.9. The van der Waals surface area contributed by atoms with Crippen molar-refractivity contribution in [1.29, 1.82) is 0 Å². The smallest absolute Gasteiger partial charge is 0.416 e. The molecule has 0 unspecified atom stereocenters. The van der Waals surface area contributed by atoms with Gasteiger partial charge in [-0.15, -0.1) is 0 Å². The van der Waals surface area contributed by atoms with Gasteiger partial charge in [-0.05, 0) is 30.3 Å². The quantitative estimate of drug-likeness (QED) is 0.576. The van der Waals surface area contributed by atoms with Crippen LogP contribution >= 0.6 is 11.6 Å². The van der Waals surface area contributed by atoms with Crippen molar-refractivity contribution in [2.45, 2.75) is 6.18 Å². The average Bonchev–Trinajstić information content (AvgIpc) is 3.24. The Bertz CT molecular complexity index is 1160. The molecule has 1 aromatic heterocycles. The van der Waals surface area contributed by atoms with Crippen LogP contribution in [0.15, 0.2) is 48.7 Å². The van der Waals surface area contributed by atoms with Gasteiger partial charge in [0, 0.05) is 13.1 Å². The normalized spacial score (nSPS) is 14.3. The van der Waals surface area contributed by atoms with Crippen molar-refractivity contribution in [2.24, 2.45) is 0 Å². The maximum Gasteiger partial charge on any atom is 0.416 e. The van der Waals surface area contributed by atoms with Crippen molar-refractivity contribution in [3.8, 4) is 11.4 Å². The van der Waals surface area contributed by atoms with E-state index in [4.69, 9.17) is 21.1 Å². The molecule has 2 heterocycles. The first-order valence-electron chi connectivity index (χ1n) is 10.0. The van der Waals surface area contributed by atoms with Crippen molar-refractivity contribution in [3.63, 3.8) is 0 Å². The lowest BCUT2D eigenvalue weighted by Crippen LogP contribution is -2.37. The lowest BCUT2D eigenvalue weighted by Gasteiger charge is -2.31. The van der Waals surface area contributed by atoms with Crippen molar-refractivity contribution in [1.82, 2.24) is 9.78 Å². The summed E-state index contributed by atoms with van der Waals surface area (Å²) in [5.74, 6) is -0.478. The Hall–Kier alpha value is -3.24. The molecule has 1 amide bonds. The highest BCUT2D eigenvalue weighted by atomic mass is 35.5. The number of rotatable bonds is 5. The molecule has 33 heavy (non-hydrogen) atoms. The second kappa shape index (κ2) is 9.32. The molecule has 174 valence electrons. The van der Waals surface area contributed by atoms with Crippen LogP contribution in [0.4, 0.5) is 24.5 Å². The Morgan fingerprint density at radius 3 is 2.61 bits per heavy atom. The van der Waals surface area contributed by atoms with Gasteiger partial charge in [0.15, 0.2) is 11.4 Å². The van der Waals surface area contributed by atoms with E-state index in [2.05, 4.69) is 10.4 Å². The number of benzene rings is 2. The van der Waals surface area contributed by atoms with Crippen LogP contribution in [0, 0.1) is 0 Å². The maximum absolute atomic E-state index is 13.1. The number of hydrogen-bond donors (Lipinski definition) is 1. The number of nitrogens with one attached hydrogen (secondary N) is 1.